The van der Waals surface area contributed by atoms with Gasteiger partial charge in [-0.05, 0) is 6.42 Å². The number of carboxylic acid groups (broad SMARTS) is 1. The first-order valence-electron chi connectivity index (χ1n) is 5.35. The highest BCUT2D eigenvalue weighted by Gasteiger charge is 2.30. The molecule has 0 radical (unpaired) electrons. The highest BCUT2D eigenvalue weighted by molar-refractivity contribution is 5.85. The van der Waals surface area contributed by atoms with E-state index in [4.69, 9.17) is 9.84 Å². The average Bonchev–Trinajstić information content (AvgIpc) is 2.22. The number of carbonyl (C=O) groups excluding carboxylic acids is 1. The van der Waals surface area contributed by atoms with Crippen LogP contribution in [0.25, 0.3) is 0 Å². The van der Waals surface area contributed by atoms with E-state index >= 15 is 0 Å². The first kappa shape index (κ1) is 14.9. The molecule has 5 heteroatoms. The highest BCUT2D eigenvalue weighted by Crippen LogP contribution is 2.22. The largest absolute Gasteiger partial charge is 0.480 e. The molecule has 0 aliphatic heterocycles. The molecule has 0 fully saturated rings. The smallest absolute Gasteiger partial charge is 0.323 e. The minimum atomic E-state index is -1.00. The summed E-state index contributed by atoms with van der Waals surface area (Å²) < 4.78 is 4.86. The van der Waals surface area contributed by atoms with Crippen molar-refractivity contribution in [3.05, 3.63) is 0 Å². The van der Waals surface area contributed by atoms with Crippen LogP contribution < -0.4 is 0 Å². The van der Waals surface area contributed by atoms with Crippen molar-refractivity contribution in [1.82, 2.24) is 4.90 Å². The normalized spacial score (nSPS) is 11.2. The van der Waals surface area contributed by atoms with Crippen molar-refractivity contribution in [3.63, 3.8) is 0 Å². The quantitative estimate of drug-likeness (QED) is 0.709. The van der Waals surface area contributed by atoms with E-state index in [0.29, 0.717) is 19.6 Å². The number of hydrogen-bond donors (Lipinski definition) is 1. The Kier molecular flexibility index (Phi) is 6.03. The van der Waals surface area contributed by atoms with Gasteiger partial charge in [0.05, 0.1) is 6.61 Å². The molecule has 0 saturated heterocycles. The second kappa shape index (κ2) is 6.48. The summed E-state index contributed by atoms with van der Waals surface area (Å²) >= 11 is 0. The molecule has 0 aromatic carbocycles. The van der Waals surface area contributed by atoms with Gasteiger partial charge in [-0.25, -0.2) is 0 Å². The Bertz CT molecular complexity index is 250. The number of nitrogens with zero attached hydrogens (tertiary/aromatic N) is 1. The van der Waals surface area contributed by atoms with Crippen molar-refractivity contribution in [3.8, 4) is 0 Å². The van der Waals surface area contributed by atoms with Gasteiger partial charge in [0.15, 0.2) is 0 Å². The van der Waals surface area contributed by atoms with Gasteiger partial charge in [0, 0.05) is 19.1 Å². The summed E-state index contributed by atoms with van der Waals surface area (Å²) in [6.07, 6.45) is 0.676. The summed E-state index contributed by atoms with van der Waals surface area (Å²) in [4.78, 5) is 24.0. The zero-order valence-electron chi connectivity index (χ0n) is 10.4. The van der Waals surface area contributed by atoms with Crippen molar-refractivity contribution in [2.75, 3.05) is 26.8 Å². The van der Waals surface area contributed by atoms with Gasteiger partial charge < -0.3 is 14.7 Å². The van der Waals surface area contributed by atoms with Crippen LogP contribution in [0.2, 0.25) is 0 Å². The molecule has 0 bridgehead atoms. The summed E-state index contributed by atoms with van der Waals surface area (Å²) in [7, 11) is 1.52. The number of methoxy groups -OCH3 is 1. The molecule has 0 aromatic rings. The summed E-state index contributed by atoms with van der Waals surface area (Å²) in [6, 6.07) is 0. The summed E-state index contributed by atoms with van der Waals surface area (Å²) in [5, 5.41) is 8.74. The van der Waals surface area contributed by atoms with E-state index in [-0.39, 0.29) is 12.5 Å². The first-order chi connectivity index (χ1) is 7.35. The molecule has 0 rings (SSSR count). The SMILES string of the molecule is CCC(C)(C)C(=O)N(CCOC)CC(=O)O. The van der Waals surface area contributed by atoms with Gasteiger partial charge in [-0.3, -0.25) is 9.59 Å². The van der Waals surface area contributed by atoms with Gasteiger partial charge in [0.1, 0.15) is 6.54 Å². The number of hydrogen-bond acceptors (Lipinski definition) is 3. The van der Waals surface area contributed by atoms with E-state index < -0.39 is 11.4 Å². The van der Waals surface area contributed by atoms with Crippen LogP contribution in [0.4, 0.5) is 0 Å². The number of rotatable bonds is 7. The van der Waals surface area contributed by atoms with Crippen LogP contribution in [0.1, 0.15) is 27.2 Å². The van der Waals surface area contributed by atoms with Crippen LogP contribution in [0.5, 0.6) is 0 Å². The fourth-order valence-corrected chi connectivity index (χ4v) is 1.20. The van der Waals surface area contributed by atoms with Gasteiger partial charge in [-0.2, -0.15) is 0 Å². The first-order valence-corrected chi connectivity index (χ1v) is 5.35. The average molecular weight is 231 g/mol. The van der Waals surface area contributed by atoms with E-state index in [1.807, 2.05) is 20.8 Å². The number of amides is 1. The van der Waals surface area contributed by atoms with Crippen molar-refractivity contribution < 1.29 is 19.4 Å². The molecule has 1 N–H and O–H groups in total. The third-order valence-corrected chi connectivity index (χ3v) is 2.64. The number of ether oxygens (including phenoxy) is 1. The Hall–Kier alpha value is -1.10. The lowest BCUT2D eigenvalue weighted by atomic mass is 9.88. The lowest BCUT2D eigenvalue weighted by Gasteiger charge is -2.30. The van der Waals surface area contributed by atoms with Crippen molar-refractivity contribution >= 4 is 11.9 Å². The van der Waals surface area contributed by atoms with Crippen LogP contribution >= 0.6 is 0 Å². The highest BCUT2D eigenvalue weighted by atomic mass is 16.5. The van der Waals surface area contributed by atoms with Gasteiger partial charge >= 0.3 is 5.97 Å². The van der Waals surface area contributed by atoms with Crippen LogP contribution in [0.15, 0.2) is 0 Å². The van der Waals surface area contributed by atoms with E-state index in [9.17, 15) is 9.59 Å². The fourth-order valence-electron chi connectivity index (χ4n) is 1.20. The monoisotopic (exact) mass is 231 g/mol. The van der Waals surface area contributed by atoms with E-state index in [1.54, 1.807) is 0 Å². The number of carbonyl (C=O) groups is 2. The van der Waals surface area contributed by atoms with Crippen molar-refractivity contribution in [2.45, 2.75) is 27.2 Å². The molecule has 0 saturated carbocycles. The Balaban J connectivity index is 4.61. The molecule has 16 heavy (non-hydrogen) atoms. The molecule has 0 atom stereocenters. The van der Waals surface area contributed by atoms with Crippen molar-refractivity contribution in [1.29, 1.82) is 0 Å². The molecule has 0 aromatic heterocycles. The maximum atomic E-state index is 12.0. The summed E-state index contributed by atoms with van der Waals surface area (Å²) in [6.45, 7) is 5.93. The standard InChI is InChI=1S/C11H21NO4/c1-5-11(2,3)10(15)12(6-7-16-4)8-9(13)14/h5-8H2,1-4H3,(H,13,14). The Morgan fingerprint density at radius 1 is 1.38 bits per heavy atom. The van der Waals surface area contributed by atoms with E-state index in [1.165, 1.54) is 12.0 Å². The van der Waals surface area contributed by atoms with Crippen LogP contribution in [0.3, 0.4) is 0 Å². The zero-order chi connectivity index (χ0) is 12.8. The maximum absolute atomic E-state index is 12.0. The summed E-state index contributed by atoms with van der Waals surface area (Å²) in [5.74, 6) is -1.15. The lowest BCUT2D eigenvalue weighted by Crippen LogP contribution is -2.44. The molecule has 94 valence electrons. The second-order valence-electron chi connectivity index (χ2n) is 4.35. The predicted molar refractivity (Wildman–Crippen MR) is 60.2 cm³/mol. The molecule has 0 spiro atoms. The van der Waals surface area contributed by atoms with Gasteiger partial charge in [0.2, 0.25) is 5.91 Å². The van der Waals surface area contributed by atoms with E-state index in [2.05, 4.69) is 0 Å². The van der Waals surface area contributed by atoms with Crippen LogP contribution in [-0.2, 0) is 14.3 Å². The van der Waals surface area contributed by atoms with Crippen molar-refractivity contribution in [2.24, 2.45) is 5.41 Å². The molecule has 1 amide bonds. The zero-order valence-corrected chi connectivity index (χ0v) is 10.4. The molecule has 0 aliphatic carbocycles. The Morgan fingerprint density at radius 3 is 2.31 bits per heavy atom. The van der Waals surface area contributed by atoms with Crippen LogP contribution in [0, 0.1) is 5.41 Å². The third-order valence-electron chi connectivity index (χ3n) is 2.64. The minimum Gasteiger partial charge on any atom is -0.480 e. The molecule has 0 heterocycles. The van der Waals surface area contributed by atoms with Crippen LogP contribution in [-0.4, -0.2) is 48.7 Å². The Morgan fingerprint density at radius 2 is 1.94 bits per heavy atom. The number of aliphatic carboxylic acids is 1. The second-order valence-corrected chi connectivity index (χ2v) is 4.35. The molecular formula is C11H21NO4. The molecule has 0 unspecified atom stereocenters. The topological polar surface area (TPSA) is 66.8 Å². The fraction of sp³-hybridized carbons (Fsp3) is 0.818. The number of carboxylic acids is 1. The minimum absolute atomic E-state index is 0.144. The Labute approximate surface area is 96.4 Å². The molecular weight excluding hydrogens is 210 g/mol. The predicted octanol–water partition coefficient (Wildman–Crippen LogP) is 0.982. The van der Waals surface area contributed by atoms with Gasteiger partial charge in [-0.1, -0.05) is 20.8 Å². The maximum Gasteiger partial charge on any atom is 0.323 e. The third kappa shape index (κ3) is 4.61. The van der Waals surface area contributed by atoms with Gasteiger partial charge in [-0.15, -0.1) is 0 Å². The van der Waals surface area contributed by atoms with E-state index in [0.717, 1.165) is 0 Å². The summed E-state index contributed by atoms with van der Waals surface area (Å²) in [5.41, 5.74) is -0.525. The molecule has 5 nitrogen and oxygen atoms in total. The lowest BCUT2D eigenvalue weighted by molar-refractivity contribution is -0.149. The molecule has 0 aliphatic rings. The van der Waals surface area contributed by atoms with Gasteiger partial charge in [0.25, 0.3) is 0 Å².